The number of esters is 1. The highest BCUT2D eigenvalue weighted by Crippen LogP contribution is 2.12. The number of nitrogens with zero attached hydrogens (tertiary/aromatic N) is 1. The van der Waals surface area contributed by atoms with Crippen LogP contribution in [0, 0.1) is 0 Å². The van der Waals surface area contributed by atoms with E-state index in [0.29, 0.717) is 31.7 Å². The number of benzene rings is 1. The number of amides is 1. The summed E-state index contributed by atoms with van der Waals surface area (Å²) in [6.07, 6.45) is -0.0723. The maximum atomic E-state index is 11.5. The van der Waals surface area contributed by atoms with Gasteiger partial charge in [0.2, 0.25) is 0 Å². The lowest BCUT2D eigenvalue weighted by atomic mass is 10.1. The Balaban J connectivity index is 1.81. The first-order valence-electron chi connectivity index (χ1n) is 7.23. The second-order valence-electron chi connectivity index (χ2n) is 5.17. The molecule has 1 amide bonds. The molecular weight excluding hydrogens is 286 g/mol. The van der Waals surface area contributed by atoms with E-state index in [1.807, 2.05) is 6.07 Å². The number of hydrogen-bond donors (Lipinski definition) is 3. The van der Waals surface area contributed by atoms with E-state index in [4.69, 9.17) is 5.11 Å². The summed E-state index contributed by atoms with van der Waals surface area (Å²) >= 11 is 0. The Morgan fingerprint density at radius 2 is 2.32 bits per heavy atom. The highest BCUT2D eigenvalue weighted by Gasteiger charge is 2.22. The molecule has 1 unspecified atom stereocenters. The maximum Gasteiger partial charge on any atom is 0.407 e. The van der Waals surface area contributed by atoms with E-state index in [1.54, 1.807) is 18.2 Å². The Morgan fingerprint density at radius 1 is 1.50 bits per heavy atom. The Morgan fingerprint density at radius 3 is 3.05 bits per heavy atom. The van der Waals surface area contributed by atoms with Crippen molar-refractivity contribution >= 4 is 17.7 Å². The van der Waals surface area contributed by atoms with Crippen LogP contribution in [0.15, 0.2) is 24.3 Å². The number of hydrogen-bond acceptors (Lipinski definition) is 5. The van der Waals surface area contributed by atoms with Gasteiger partial charge in [-0.1, -0.05) is 6.07 Å². The fraction of sp³-hybridized carbons (Fsp3) is 0.467. The molecular formula is C15H21N3O4. The van der Waals surface area contributed by atoms with Gasteiger partial charge in [-0.15, -0.1) is 0 Å². The van der Waals surface area contributed by atoms with Crippen LogP contribution >= 0.6 is 0 Å². The molecule has 7 nitrogen and oxygen atoms in total. The van der Waals surface area contributed by atoms with E-state index < -0.39 is 6.09 Å². The van der Waals surface area contributed by atoms with Crippen molar-refractivity contribution < 1.29 is 19.4 Å². The fourth-order valence-corrected chi connectivity index (χ4v) is 2.46. The topological polar surface area (TPSA) is 90.9 Å². The van der Waals surface area contributed by atoms with Crippen LogP contribution in [0.5, 0.6) is 0 Å². The molecule has 1 heterocycles. The number of carbonyl (C=O) groups is 2. The molecule has 1 saturated heterocycles. The predicted molar refractivity (Wildman–Crippen MR) is 82.3 cm³/mol. The molecule has 1 aliphatic heterocycles. The largest absolute Gasteiger partial charge is 0.465 e. The van der Waals surface area contributed by atoms with Crippen molar-refractivity contribution in [2.75, 3.05) is 38.6 Å². The van der Waals surface area contributed by atoms with Crippen LogP contribution in [-0.4, -0.2) is 61.4 Å². The smallest absolute Gasteiger partial charge is 0.407 e. The van der Waals surface area contributed by atoms with Gasteiger partial charge in [-0.3, -0.25) is 0 Å². The van der Waals surface area contributed by atoms with Crippen LogP contribution in [0.2, 0.25) is 0 Å². The lowest BCUT2D eigenvalue weighted by molar-refractivity contribution is 0.0600. The number of piperazine rings is 1. The van der Waals surface area contributed by atoms with Gasteiger partial charge >= 0.3 is 12.1 Å². The molecule has 0 saturated carbocycles. The fourth-order valence-electron chi connectivity index (χ4n) is 2.46. The zero-order valence-electron chi connectivity index (χ0n) is 12.5. The SMILES string of the molecule is COC(=O)c1cccc(NCCC2CN(C(=O)O)CCN2)c1. The van der Waals surface area contributed by atoms with Gasteiger partial charge in [-0.05, 0) is 24.6 Å². The zero-order chi connectivity index (χ0) is 15.9. The number of carbonyl (C=O) groups excluding carboxylic acids is 1. The molecule has 22 heavy (non-hydrogen) atoms. The molecule has 1 aliphatic rings. The number of rotatable bonds is 5. The molecule has 1 aromatic carbocycles. The number of carboxylic acid groups (broad SMARTS) is 1. The van der Waals surface area contributed by atoms with Gasteiger partial charge in [-0.2, -0.15) is 0 Å². The van der Waals surface area contributed by atoms with Crippen LogP contribution < -0.4 is 10.6 Å². The second kappa shape index (κ2) is 7.65. The molecule has 1 atom stereocenters. The Hall–Kier alpha value is -2.28. The van der Waals surface area contributed by atoms with E-state index in [9.17, 15) is 9.59 Å². The standard InChI is InChI=1S/C15H21N3O4/c1-22-14(19)11-3-2-4-12(9-11)16-6-5-13-10-18(15(20)21)8-7-17-13/h2-4,9,13,16-17H,5-8,10H2,1H3,(H,20,21). The highest BCUT2D eigenvalue weighted by atomic mass is 16.5. The average molecular weight is 307 g/mol. The first-order valence-corrected chi connectivity index (χ1v) is 7.23. The third-order valence-electron chi connectivity index (χ3n) is 3.63. The van der Waals surface area contributed by atoms with Gasteiger partial charge in [0, 0.05) is 37.9 Å². The number of nitrogens with one attached hydrogen (secondary N) is 2. The van der Waals surface area contributed by atoms with Crippen molar-refractivity contribution in [3.63, 3.8) is 0 Å². The van der Waals surface area contributed by atoms with Gasteiger partial charge in [0.25, 0.3) is 0 Å². The van der Waals surface area contributed by atoms with Crippen LogP contribution in [-0.2, 0) is 4.74 Å². The van der Waals surface area contributed by atoms with Gasteiger partial charge in [0.15, 0.2) is 0 Å². The summed E-state index contributed by atoms with van der Waals surface area (Å²) in [7, 11) is 1.35. The molecule has 0 aliphatic carbocycles. The summed E-state index contributed by atoms with van der Waals surface area (Å²) in [6.45, 7) is 2.39. The maximum absolute atomic E-state index is 11.5. The lowest BCUT2D eigenvalue weighted by Crippen LogP contribution is -2.52. The lowest BCUT2D eigenvalue weighted by Gasteiger charge is -2.31. The molecule has 1 fully saturated rings. The quantitative estimate of drug-likeness (QED) is 0.709. The molecule has 0 aromatic heterocycles. The minimum atomic E-state index is -0.870. The van der Waals surface area contributed by atoms with Gasteiger partial charge < -0.3 is 25.4 Å². The highest BCUT2D eigenvalue weighted by molar-refractivity contribution is 5.90. The average Bonchev–Trinajstić information content (AvgIpc) is 2.54. The molecule has 0 radical (unpaired) electrons. The van der Waals surface area contributed by atoms with Gasteiger partial charge in [0.05, 0.1) is 12.7 Å². The van der Waals surface area contributed by atoms with E-state index in [-0.39, 0.29) is 12.0 Å². The van der Waals surface area contributed by atoms with Crippen LogP contribution in [0.25, 0.3) is 0 Å². The van der Waals surface area contributed by atoms with Crippen molar-refractivity contribution in [2.45, 2.75) is 12.5 Å². The zero-order valence-corrected chi connectivity index (χ0v) is 12.5. The van der Waals surface area contributed by atoms with Crippen molar-refractivity contribution in [3.05, 3.63) is 29.8 Å². The Bertz CT molecular complexity index is 535. The summed E-state index contributed by atoms with van der Waals surface area (Å²) in [5.74, 6) is -0.366. The van der Waals surface area contributed by atoms with E-state index in [0.717, 1.165) is 12.1 Å². The number of ether oxygens (including phenoxy) is 1. The Labute approximate surface area is 129 Å². The predicted octanol–water partition coefficient (Wildman–Crippen LogP) is 1.23. The van der Waals surface area contributed by atoms with E-state index >= 15 is 0 Å². The van der Waals surface area contributed by atoms with Crippen LogP contribution in [0.1, 0.15) is 16.8 Å². The Kier molecular flexibility index (Phi) is 5.60. The minimum Gasteiger partial charge on any atom is -0.465 e. The number of anilines is 1. The van der Waals surface area contributed by atoms with Gasteiger partial charge in [-0.25, -0.2) is 9.59 Å². The monoisotopic (exact) mass is 307 g/mol. The summed E-state index contributed by atoms with van der Waals surface area (Å²) < 4.78 is 4.69. The minimum absolute atomic E-state index is 0.140. The van der Waals surface area contributed by atoms with Crippen LogP contribution in [0.3, 0.4) is 0 Å². The molecule has 7 heteroatoms. The molecule has 1 aromatic rings. The molecule has 3 N–H and O–H groups in total. The third kappa shape index (κ3) is 4.36. The first kappa shape index (κ1) is 16.1. The molecule has 0 spiro atoms. The van der Waals surface area contributed by atoms with Crippen molar-refractivity contribution in [3.8, 4) is 0 Å². The molecule has 2 rings (SSSR count). The first-order chi connectivity index (χ1) is 10.6. The normalized spacial score (nSPS) is 17.9. The third-order valence-corrected chi connectivity index (χ3v) is 3.63. The number of methoxy groups -OCH3 is 1. The van der Waals surface area contributed by atoms with Crippen molar-refractivity contribution in [1.29, 1.82) is 0 Å². The molecule has 0 bridgehead atoms. The van der Waals surface area contributed by atoms with Crippen molar-refractivity contribution in [2.24, 2.45) is 0 Å². The van der Waals surface area contributed by atoms with Gasteiger partial charge in [0.1, 0.15) is 0 Å². The summed E-state index contributed by atoms with van der Waals surface area (Å²) in [4.78, 5) is 23.9. The molecule has 120 valence electrons. The summed E-state index contributed by atoms with van der Waals surface area (Å²) in [5.41, 5.74) is 1.34. The summed E-state index contributed by atoms with van der Waals surface area (Å²) in [6, 6.07) is 7.25. The van der Waals surface area contributed by atoms with E-state index in [1.165, 1.54) is 12.0 Å². The van der Waals surface area contributed by atoms with Crippen LogP contribution in [0.4, 0.5) is 10.5 Å². The second-order valence-corrected chi connectivity index (χ2v) is 5.17. The summed E-state index contributed by atoms with van der Waals surface area (Å²) in [5, 5.41) is 15.6. The van der Waals surface area contributed by atoms with Crippen molar-refractivity contribution in [1.82, 2.24) is 10.2 Å². The van der Waals surface area contributed by atoms with E-state index in [2.05, 4.69) is 15.4 Å².